The summed E-state index contributed by atoms with van der Waals surface area (Å²) in [7, 11) is -4.16. The van der Waals surface area contributed by atoms with E-state index in [1.54, 1.807) is 4.72 Å². The van der Waals surface area contributed by atoms with Crippen LogP contribution < -0.4 is 14.3 Å². The molecule has 0 saturated carbocycles. The van der Waals surface area contributed by atoms with Crippen LogP contribution in [0.3, 0.4) is 0 Å². The summed E-state index contributed by atoms with van der Waals surface area (Å²) in [6.07, 6.45) is 4.90. The van der Waals surface area contributed by atoms with Crippen LogP contribution in [0.4, 0.5) is 10.1 Å². The number of phenolic OH excluding ortho intramolecular Hbond substituents is 1. The maximum Gasteiger partial charge on any atom is 0.326 e. The van der Waals surface area contributed by atoms with Crippen molar-refractivity contribution < 1.29 is 22.7 Å². The van der Waals surface area contributed by atoms with Crippen molar-refractivity contribution in [3.63, 3.8) is 0 Å². The van der Waals surface area contributed by atoms with Crippen molar-refractivity contribution in [1.82, 2.24) is 10.0 Å². The molecule has 1 aromatic carbocycles. The third kappa shape index (κ3) is 3.46. The summed E-state index contributed by atoms with van der Waals surface area (Å²) in [5.74, 6) is -2.11. The van der Waals surface area contributed by atoms with Crippen LogP contribution >= 0.6 is 0 Å². The van der Waals surface area contributed by atoms with Gasteiger partial charge in [-0.3, -0.25) is 4.79 Å². The van der Waals surface area contributed by atoms with Crippen molar-refractivity contribution in [2.45, 2.75) is 38.1 Å². The first kappa shape index (κ1) is 17.0. The van der Waals surface area contributed by atoms with Gasteiger partial charge in [0.25, 0.3) is 5.91 Å². The van der Waals surface area contributed by atoms with Gasteiger partial charge in [-0.1, -0.05) is 12.8 Å². The summed E-state index contributed by atoms with van der Waals surface area (Å²) >= 11 is 0. The minimum atomic E-state index is -4.16. The molecule has 9 heteroatoms. The largest absolute Gasteiger partial charge is 0.506 e. The number of carbonyl (C=O) groups is 1. The molecule has 2 fully saturated rings. The first-order valence-corrected chi connectivity index (χ1v) is 9.39. The van der Waals surface area contributed by atoms with Gasteiger partial charge < -0.3 is 10.4 Å². The molecule has 24 heavy (non-hydrogen) atoms. The molecule has 2 heterocycles. The maximum atomic E-state index is 14.4. The highest BCUT2D eigenvalue weighted by atomic mass is 32.2. The van der Waals surface area contributed by atoms with Crippen molar-refractivity contribution in [2.75, 3.05) is 17.4 Å². The van der Waals surface area contributed by atoms with E-state index in [9.17, 15) is 22.7 Å². The molecule has 2 saturated heterocycles. The van der Waals surface area contributed by atoms with E-state index >= 15 is 0 Å². The van der Waals surface area contributed by atoms with Gasteiger partial charge in [0.15, 0.2) is 5.82 Å². The van der Waals surface area contributed by atoms with Gasteiger partial charge in [0.2, 0.25) is 0 Å². The van der Waals surface area contributed by atoms with Gasteiger partial charge in [0.1, 0.15) is 18.0 Å². The zero-order valence-corrected chi connectivity index (χ0v) is 13.9. The second kappa shape index (κ2) is 6.56. The van der Waals surface area contributed by atoms with Crippen molar-refractivity contribution in [2.24, 2.45) is 0 Å². The predicted octanol–water partition coefficient (Wildman–Crippen LogP) is 0.787. The third-order valence-electron chi connectivity index (χ3n) is 4.32. The third-order valence-corrected chi connectivity index (χ3v) is 5.69. The Hall–Kier alpha value is -1.87. The minimum absolute atomic E-state index is 0.205. The lowest BCUT2D eigenvalue weighted by Crippen LogP contribution is -2.31. The van der Waals surface area contributed by atoms with Crippen molar-refractivity contribution in [3.8, 4) is 5.75 Å². The second-order valence-corrected chi connectivity index (χ2v) is 7.78. The Morgan fingerprint density at radius 3 is 2.75 bits per heavy atom. The van der Waals surface area contributed by atoms with Gasteiger partial charge in [-0.05, 0) is 43.5 Å². The number of rotatable bonds is 3. The molecule has 3 rings (SSSR count). The number of halogens is 1. The Morgan fingerprint density at radius 1 is 1.29 bits per heavy atom. The summed E-state index contributed by atoms with van der Waals surface area (Å²) in [4.78, 5) is 11.3. The van der Waals surface area contributed by atoms with E-state index in [1.807, 2.05) is 0 Å². The van der Waals surface area contributed by atoms with E-state index < -0.39 is 39.9 Å². The molecule has 3 N–H and O–H groups in total. The van der Waals surface area contributed by atoms with Crippen LogP contribution in [0.5, 0.6) is 5.75 Å². The van der Waals surface area contributed by atoms with Crippen LogP contribution in [0.15, 0.2) is 12.1 Å². The van der Waals surface area contributed by atoms with E-state index in [-0.39, 0.29) is 6.04 Å². The molecule has 7 nitrogen and oxygen atoms in total. The number of hydrogen-bond acceptors (Lipinski definition) is 5. The average molecular weight is 357 g/mol. The molecule has 2 aliphatic rings. The fraction of sp³-hybridized carbons (Fsp3) is 0.533. The molecule has 0 spiro atoms. The van der Waals surface area contributed by atoms with Crippen molar-refractivity contribution in [3.05, 3.63) is 23.5 Å². The summed E-state index contributed by atoms with van der Waals surface area (Å²) < 4.78 is 40.4. The fourth-order valence-corrected chi connectivity index (χ4v) is 4.38. The van der Waals surface area contributed by atoms with Gasteiger partial charge in [0, 0.05) is 6.04 Å². The summed E-state index contributed by atoms with van der Waals surface area (Å²) in [6, 6.07) is 2.79. The SMILES string of the molecule is O=C1CN(c2c(O)cc(CC3CCCCCN3)cc2F)S(=O)(=O)N1. The quantitative estimate of drug-likeness (QED) is 0.743. The highest BCUT2D eigenvalue weighted by molar-refractivity contribution is 7.92. The average Bonchev–Trinajstić information content (AvgIpc) is 2.66. The Morgan fingerprint density at radius 2 is 2.08 bits per heavy atom. The van der Waals surface area contributed by atoms with Crippen LogP contribution in [0.2, 0.25) is 0 Å². The van der Waals surface area contributed by atoms with E-state index in [4.69, 9.17) is 0 Å². The van der Waals surface area contributed by atoms with E-state index in [1.165, 1.54) is 12.1 Å². The first-order valence-electron chi connectivity index (χ1n) is 7.95. The van der Waals surface area contributed by atoms with Gasteiger partial charge in [0.05, 0.1) is 0 Å². The number of carbonyl (C=O) groups excluding carboxylic acids is 1. The van der Waals surface area contributed by atoms with Crippen LogP contribution in [-0.4, -0.2) is 38.6 Å². The minimum Gasteiger partial charge on any atom is -0.506 e. The first-order chi connectivity index (χ1) is 11.4. The normalized spacial score (nSPS) is 23.8. The highest BCUT2D eigenvalue weighted by Crippen LogP contribution is 2.35. The number of benzene rings is 1. The van der Waals surface area contributed by atoms with Gasteiger partial charge in [-0.15, -0.1) is 0 Å². The van der Waals surface area contributed by atoms with Crippen LogP contribution in [0, 0.1) is 5.82 Å². The monoisotopic (exact) mass is 357 g/mol. The molecule has 0 aliphatic carbocycles. The smallest absolute Gasteiger partial charge is 0.326 e. The highest BCUT2D eigenvalue weighted by Gasteiger charge is 2.37. The molecule has 0 radical (unpaired) electrons. The fourth-order valence-electron chi connectivity index (χ4n) is 3.21. The Labute approximate surface area is 140 Å². The number of aromatic hydroxyl groups is 1. The number of phenols is 1. The van der Waals surface area contributed by atoms with Crippen molar-refractivity contribution >= 4 is 21.8 Å². The molecule has 132 valence electrons. The number of amides is 1. The standard InChI is InChI=1S/C15H20FN3O4S/c16-12-7-10(6-11-4-2-1-3-5-17-11)8-13(20)15(12)19-9-14(21)18-24(19,22)23/h7-8,11,17,20H,1-6,9H2,(H,18,21). The molecule has 0 bridgehead atoms. The number of nitrogens with one attached hydrogen (secondary N) is 2. The van der Waals surface area contributed by atoms with Crippen LogP contribution in [0.1, 0.15) is 31.2 Å². The lowest BCUT2D eigenvalue weighted by Gasteiger charge is -2.20. The molecule has 1 unspecified atom stereocenters. The zero-order valence-electron chi connectivity index (χ0n) is 13.1. The molecular weight excluding hydrogens is 337 g/mol. The molecular formula is C15H20FN3O4S. The number of nitrogens with zero attached hydrogens (tertiary/aromatic N) is 1. The Kier molecular flexibility index (Phi) is 4.64. The maximum absolute atomic E-state index is 14.4. The second-order valence-electron chi connectivity index (χ2n) is 6.19. The number of anilines is 1. The van der Waals surface area contributed by atoms with E-state index in [0.29, 0.717) is 16.3 Å². The Balaban J connectivity index is 1.85. The summed E-state index contributed by atoms with van der Waals surface area (Å²) in [5, 5.41) is 13.5. The van der Waals surface area contributed by atoms with E-state index in [2.05, 4.69) is 5.32 Å². The van der Waals surface area contributed by atoms with Gasteiger partial charge in [-0.2, -0.15) is 8.42 Å². The zero-order chi connectivity index (χ0) is 17.3. The van der Waals surface area contributed by atoms with Gasteiger partial charge in [-0.25, -0.2) is 13.4 Å². The molecule has 1 aromatic rings. The lowest BCUT2D eigenvalue weighted by molar-refractivity contribution is -0.117. The predicted molar refractivity (Wildman–Crippen MR) is 86.4 cm³/mol. The molecule has 0 aromatic heterocycles. The Bertz CT molecular complexity index is 722. The van der Waals surface area contributed by atoms with Crippen LogP contribution in [0.25, 0.3) is 0 Å². The topological polar surface area (TPSA) is 98.7 Å². The summed E-state index contributed by atoms with van der Waals surface area (Å²) in [6.45, 7) is 0.368. The van der Waals surface area contributed by atoms with Gasteiger partial charge >= 0.3 is 10.2 Å². The van der Waals surface area contributed by atoms with Crippen molar-refractivity contribution in [1.29, 1.82) is 0 Å². The summed E-state index contributed by atoms with van der Waals surface area (Å²) in [5.41, 5.74) is 0.0926. The molecule has 2 aliphatic heterocycles. The van der Waals surface area contributed by atoms with Crippen LogP contribution in [-0.2, 0) is 21.4 Å². The molecule has 1 atom stereocenters. The molecule has 1 amide bonds. The van der Waals surface area contributed by atoms with E-state index in [0.717, 1.165) is 32.2 Å². The number of hydrogen-bond donors (Lipinski definition) is 3. The lowest BCUT2D eigenvalue weighted by atomic mass is 10.0.